The van der Waals surface area contributed by atoms with Crippen LogP contribution in [0.4, 0.5) is 10.5 Å². The maximum absolute atomic E-state index is 11.1. The minimum absolute atomic E-state index is 0.487. The van der Waals surface area contributed by atoms with Crippen molar-refractivity contribution in [1.29, 1.82) is 0 Å². The Balaban J connectivity index is 2.00. The van der Waals surface area contributed by atoms with Crippen LogP contribution < -0.4 is 16.0 Å². The maximum atomic E-state index is 11.1. The topological polar surface area (TPSA) is 83.5 Å². The first-order valence-corrected chi connectivity index (χ1v) is 6.90. The Bertz CT molecular complexity index is 1040. The average molecular weight is 308 g/mol. The van der Waals surface area contributed by atoms with Gasteiger partial charge in [0, 0.05) is 31.0 Å². The third-order valence-electron chi connectivity index (χ3n) is 3.51. The zero-order valence-electron chi connectivity index (χ0n) is 11.9. The monoisotopic (exact) mass is 308 g/mol. The van der Waals surface area contributed by atoms with Gasteiger partial charge >= 0.3 is 6.09 Å². The van der Waals surface area contributed by atoms with Gasteiger partial charge in [-0.2, -0.15) is 0 Å². The molecule has 114 valence electrons. The second kappa shape index (κ2) is 5.06. The van der Waals surface area contributed by atoms with E-state index < -0.39 is 6.09 Å². The van der Waals surface area contributed by atoms with E-state index in [4.69, 9.17) is 9.52 Å². The summed E-state index contributed by atoms with van der Waals surface area (Å²) in [5.41, 5.74) is 1.37. The number of rotatable bonds is 0. The molecule has 0 aromatic carbocycles. The van der Waals surface area contributed by atoms with Crippen LogP contribution in [0.25, 0.3) is 29.6 Å². The molecule has 2 aromatic heterocycles. The summed E-state index contributed by atoms with van der Waals surface area (Å²) in [6.07, 6.45) is 12.5. The highest BCUT2D eigenvalue weighted by molar-refractivity contribution is 5.78. The van der Waals surface area contributed by atoms with E-state index in [1.807, 2.05) is 35.2 Å². The number of nitrogens with one attached hydrogen (secondary N) is 1. The van der Waals surface area contributed by atoms with Gasteiger partial charge in [-0.3, -0.25) is 4.90 Å². The van der Waals surface area contributed by atoms with Crippen LogP contribution in [0.1, 0.15) is 0 Å². The van der Waals surface area contributed by atoms with Crippen molar-refractivity contribution in [2.24, 2.45) is 0 Å². The number of aromatic nitrogens is 2. The molecular weight excluding hydrogens is 296 g/mol. The lowest BCUT2D eigenvalue weighted by Crippen LogP contribution is -2.28. The predicted octanol–water partition coefficient (Wildman–Crippen LogP) is 1.63. The lowest BCUT2D eigenvalue weighted by atomic mass is 10.2. The summed E-state index contributed by atoms with van der Waals surface area (Å²) in [6.45, 7) is 0. The Kier molecular flexibility index (Phi) is 2.90. The Morgan fingerprint density at radius 2 is 2.26 bits per heavy atom. The Morgan fingerprint density at radius 1 is 1.35 bits per heavy atom. The molecule has 0 fully saturated rings. The van der Waals surface area contributed by atoms with E-state index >= 15 is 0 Å². The molecular formula is C16H12N4O3. The molecule has 0 radical (unpaired) electrons. The number of pyridine rings is 1. The molecule has 0 unspecified atom stereocenters. The van der Waals surface area contributed by atoms with E-state index in [-0.39, 0.29) is 0 Å². The van der Waals surface area contributed by atoms with Gasteiger partial charge in [-0.05, 0) is 24.3 Å². The van der Waals surface area contributed by atoms with Gasteiger partial charge in [-0.1, -0.05) is 0 Å². The van der Waals surface area contributed by atoms with Crippen LogP contribution in [0.5, 0.6) is 0 Å². The van der Waals surface area contributed by atoms with Gasteiger partial charge in [-0.25, -0.2) is 9.78 Å². The number of allylic oxidation sites excluding steroid dienone is 1. The van der Waals surface area contributed by atoms with Gasteiger partial charge in [-0.15, -0.1) is 0 Å². The van der Waals surface area contributed by atoms with Gasteiger partial charge < -0.3 is 19.4 Å². The number of hydrogen-bond donors (Lipinski definition) is 2. The second-order valence-electron chi connectivity index (χ2n) is 4.98. The van der Waals surface area contributed by atoms with E-state index in [0.29, 0.717) is 11.1 Å². The largest absolute Gasteiger partial charge is 0.464 e. The molecule has 0 saturated heterocycles. The molecule has 2 N–H and O–H groups in total. The number of nitrogens with zero attached hydrogens (tertiary/aromatic N) is 3. The average Bonchev–Trinajstić information content (AvgIpc) is 2.54. The lowest BCUT2D eigenvalue weighted by Gasteiger charge is -2.14. The first-order chi connectivity index (χ1) is 11.2. The van der Waals surface area contributed by atoms with Gasteiger partial charge in [0.1, 0.15) is 0 Å². The number of fused-ring (bicyclic) bond motifs is 3. The van der Waals surface area contributed by atoms with Crippen molar-refractivity contribution in [2.75, 3.05) is 5.32 Å². The van der Waals surface area contributed by atoms with E-state index in [0.717, 1.165) is 21.3 Å². The predicted molar refractivity (Wildman–Crippen MR) is 85.8 cm³/mol. The highest BCUT2D eigenvalue weighted by Crippen LogP contribution is 2.13. The van der Waals surface area contributed by atoms with Crippen molar-refractivity contribution in [1.82, 2.24) is 14.5 Å². The molecule has 2 aliphatic heterocycles. The summed E-state index contributed by atoms with van der Waals surface area (Å²) in [4.78, 5) is 16.6. The zero-order chi connectivity index (χ0) is 15.8. The van der Waals surface area contributed by atoms with Crippen LogP contribution in [0.15, 0.2) is 47.5 Å². The molecule has 4 rings (SSSR count). The maximum Gasteiger partial charge on any atom is 0.415 e. The van der Waals surface area contributed by atoms with Crippen molar-refractivity contribution in [3.8, 4) is 0 Å². The van der Waals surface area contributed by atoms with Crippen molar-refractivity contribution in [3.05, 3.63) is 53.8 Å². The summed E-state index contributed by atoms with van der Waals surface area (Å²) in [7, 11) is 0. The van der Waals surface area contributed by atoms with E-state index in [1.165, 1.54) is 18.7 Å². The highest BCUT2D eigenvalue weighted by atomic mass is 16.4. The molecule has 7 heteroatoms. The molecule has 2 aliphatic rings. The summed E-state index contributed by atoms with van der Waals surface area (Å²) >= 11 is 0. The van der Waals surface area contributed by atoms with Crippen LogP contribution in [0.3, 0.4) is 0 Å². The van der Waals surface area contributed by atoms with E-state index in [1.54, 1.807) is 12.3 Å². The van der Waals surface area contributed by atoms with Crippen molar-refractivity contribution in [2.45, 2.75) is 0 Å². The molecule has 1 amide bonds. The highest BCUT2D eigenvalue weighted by Gasteiger charge is 2.09. The summed E-state index contributed by atoms with van der Waals surface area (Å²) in [6, 6.07) is 3.62. The fourth-order valence-corrected chi connectivity index (χ4v) is 2.40. The lowest BCUT2D eigenvalue weighted by molar-refractivity contribution is 0.178. The molecule has 0 atom stereocenters. The number of amides is 1. The fourth-order valence-electron chi connectivity index (χ4n) is 2.40. The molecule has 7 nitrogen and oxygen atoms in total. The smallest absolute Gasteiger partial charge is 0.415 e. The SMILES string of the molecule is O=C(O)N1C=Cn2cc3cc4c(nc3occc2=C1)=CC=CN4. The third-order valence-corrected chi connectivity index (χ3v) is 3.51. The van der Waals surface area contributed by atoms with E-state index in [2.05, 4.69) is 10.3 Å². The molecule has 2 aromatic rings. The van der Waals surface area contributed by atoms with Crippen LogP contribution in [0.2, 0.25) is 0 Å². The Morgan fingerprint density at radius 3 is 3.13 bits per heavy atom. The molecule has 0 saturated carbocycles. The summed E-state index contributed by atoms with van der Waals surface area (Å²) in [5, 5.41) is 14.4. The van der Waals surface area contributed by atoms with Crippen LogP contribution in [-0.2, 0) is 0 Å². The first-order valence-electron chi connectivity index (χ1n) is 6.90. The van der Waals surface area contributed by atoms with Crippen molar-refractivity contribution >= 4 is 41.4 Å². The molecule has 0 aliphatic carbocycles. The fraction of sp³-hybridized carbons (Fsp3) is 0. The number of carbonyl (C=O) groups is 1. The molecule has 0 spiro atoms. The van der Waals surface area contributed by atoms with Crippen LogP contribution in [0, 0.1) is 0 Å². The van der Waals surface area contributed by atoms with Gasteiger partial charge in [0.2, 0.25) is 5.71 Å². The number of hydrogen-bond acceptors (Lipinski definition) is 4. The Labute approximate surface area is 130 Å². The van der Waals surface area contributed by atoms with Crippen molar-refractivity contribution < 1.29 is 14.3 Å². The normalized spacial score (nSPS) is 14.2. The number of carboxylic acid groups (broad SMARTS) is 1. The minimum Gasteiger partial charge on any atom is -0.464 e. The van der Waals surface area contributed by atoms with Crippen LogP contribution in [-0.4, -0.2) is 25.7 Å². The molecule has 0 bridgehead atoms. The standard InChI is InChI=1S/C16H12N4O3/c21-16(22)20-6-5-19-9-11-8-14-13(2-1-4-17-14)18-15(11)23-7-3-12(19)10-20/h1-10,17H,(H,21,22). The molecule has 23 heavy (non-hydrogen) atoms. The quantitative estimate of drug-likeness (QED) is 0.773. The first kappa shape index (κ1) is 13.2. The number of anilines is 1. The Hall–Kier alpha value is -3.48. The van der Waals surface area contributed by atoms with E-state index in [9.17, 15) is 4.79 Å². The van der Waals surface area contributed by atoms with Crippen LogP contribution >= 0.6 is 0 Å². The second-order valence-corrected chi connectivity index (χ2v) is 4.98. The van der Waals surface area contributed by atoms with Gasteiger partial charge in [0.25, 0.3) is 0 Å². The third kappa shape index (κ3) is 2.34. The van der Waals surface area contributed by atoms with Gasteiger partial charge in [0.15, 0.2) is 0 Å². The van der Waals surface area contributed by atoms with Gasteiger partial charge in [0.05, 0.1) is 28.0 Å². The zero-order valence-corrected chi connectivity index (χ0v) is 11.9. The minimum atomic E-state index is -1.05. The van der Waals surface area contributed by atoms with Crippen molar-refractivity contribution in [3.63, 3.8) is 0 Å². The summed E-state index contributed by atoms with van der Waals surface area (Å²) in [5.74, 6) is 0. The molecule has 4 heterocycles. The summed E-state index contributed by atoms with van der Waals surface area (Å²) < 4.78 is 7.40.